The second-order valence-electron chi connectivity index (χ2n) is 9.82. The summed E-state index contributed by atoms with van der Waals surface area (Å²) >= 11 is 0. The normalized spacial score (nSPS) is 25.1. The van der Waals surface area contributed by atoms with Crippen molar-refractivity contribution < 1.29 is 18.3 Å². The average Bonchev–Trinajstić information content (AvgIpc) is 3.69. The van der Waals surface area contributed by atoms with E-state index in [1.165, 1.54) is 6.26 Å². The molecule has 2 saturated carbocycles. The zero-order chi connectivity index (χ0) is 22.5. The molecule has 0 bridgehead atoms. The van der Waals surface area contributed by atoms with E-state index < -0.39 is 16.1 Å². The number of benzene rings is 2. The van der Waals surface area contributed by atoms with Gasteiger partial charge in [0.25, 0.3) is 5.91 Å². The number of nitrogens with zero attached hydrogens (tertiary/aromatic N) is 1. The zero-order valence-electron chi connectivity index (χ0n) is 18.3. The van der Waals surface area contributed by atoms with Gasteiger partial charge in [-0.15, -0.1) is 0 Å². The third-order valence-electron chi connectivity index (χ3n) is 7.25. The van der Waals surface area contributed by atoms with Crippen LogP contribution < -0.4 is 4.72 Å². The van der Waals surface area contributed by atoms with Gasteiger partial charge in [0.15, 0.2) is 0 Å². The van der Waals surface area contributed by atoms with Crippen LogP contribution in [0.1, 0.15) is 31.2 Å². The number of rotatable bonds is 7. The SMILES string of the molecule is CS(=O)(=O)N[C@@H]1[C@H](Cc2cccc(-c3ccccc3)c2)N(C(=O)[C@H](O)C2CC2)CC12CC2. The number of likely N-dealkylation sites (tertiary alicyclic amines) is 1. The molecule has 6 nitrogen and oxygen atoms in total. The third-order valence-corrected chi connectivity index (χ3v) is 7.93. The molecular weight excluding hydrogens is 424 g/mol. The molecule has 1 aliphatic heterocycles. The Hall–Kier alpha value is -2.22. The molecule has 2 aromatic rings. The highest BCUT2D eigenvalue weighted by molar-refractivity contribution is 7.88. The van der Waals surface area contributed by atoms with Crippen LogP contribution in [0.3, 0.4) is 0 Å². The molecule has 7 heteroatoms. The van der Waals surface area contributed by atoms with Crippen molar-refractivity contribution in [3.05, 3.63) is 60.2 Å². The maximum atomic E-state index is 13.2. The highest BCUT2D eigenvalue weighted by Gasteiger charge is 2.61. The Bertz CT molecular complexity index is 1110. The van der Waals surface area contributed by atoms with E-state index in [4.69, 9.17) is 0 Å². The molecular formula is C25H30N2O4S. The molecule has 1 saturated heterocycles. The van der Waals surface area contributed by atoms with Gasteiger partial charge in [0.05, 0.1) is 12.3 Å². The number of nitrogens with one attached hydrogen (secondary N) is 1. The lowest BCUT2D eigenvalue weighted by Crippen LogP contribution is -2.51. The molecule has 32 heavy (non-hydrogen) atoms. The summed E-state index contributed by atoms with van der Waals surface area (Å²) in [6, 6.07) is 17.7. The quantitative estimate of drug-likeness (QED) is 0.673. The molecule has 0 aromatic heterocycles. The number of carbonyl (C=O) groups excluding carboxylic acids is 1. The number of hydrogen-bond acceptors (Lipinski definition) is 4. The molecule has 5 rings (SSSR count). The summed E-state index contributed by atoms with van der Waals surface area (Å²) in [6.07, 6.45) is 4.27. The first kappa shape index (κ1) is 21.6. The summed E-state index contributed by atoms with van der Waals surface area (Å²) in [5.74, 6) is -0.206. The monoisotopic (exact) mass is 454 g/mol. The van der Waals surface area contributed by atoms with Crippen molar-refractivity contribution in [1.82, 2.24) is 9.62 Å². The van der Waals surface area contributed by atoms with Crippen LogP contribution in [0.5, 0.6) is 0 Å². The van der Waals surface area contributed by atoms with Crippen molar-refractivity contribution in [2.24, 2.45) is 11.3 Å². The average molecular weight is 455 g/mol. The number of aliphatic hydroxyl groups is 1. The summed E-state index contributed by atoms with van der Waals surface area (Å²) < 4.78 is 27.3. The lowest BCUT2D eigenvalue weighted by atomic mass is 9.91. The molecule has 3 aliphatic rings. The van der Waals surface area contributed by atoms with Gasteiger partial charge in [-0.1, -0.05) is 54.6 Å². The van der Waals surface area contributed by atoms with E-state index in [1.807, 2.05) is 30.3 Å². The molecule has 3 fully saturated rings. The van der Waals surface area contributed by atoms with Gasteiger partial charge in [-0.2, -0.15) is 0 Å². The van der Waals surface area contributed by atoms with Crippen molar-refractivity contribution in [2.45, 2.75) is 50.3 Å². The Morgan fingerprint density at radius 1 is 1.12 bits per heavy atom. The van der Waals surface area contributed by atoms with E-state index in [-0.39, 0.29) is 29.3 Å². The number of hydrogen-bond donors (Lipinski definition) is 2. The fraction of sp³-hybridized carbons (Fsp3) is 0.480. The largest absolute Gasteiger partial charge is 0.383 e. The van der Waals surface area contributed by atoms with E-state index in [0.29, 0.717) is 13.0 Å². The molecule has 1 spiro atoms. The third kappa shape index (κ3) is 4.34. The van der Waals surface area contributed by atoms with Gasteiger partial charge in [0.1, 0.15) is 6.10 Å². The molecule has 2 aliphatic carbocycles. The minimum Gasteiger partial charge on any atom is -0.383 e. The summed E-state index contributed by atoms with van der Waals surface area (Å²) in [5.41, 5.74) is 3.03. The second kappa shape index (κ2) is 7.97. The molecule has 2 aromatic carbocycles. The van der Waals surface area contributed by atoms with Gasteiger partial charge < -0.3 is 10.0 Å². The van der Waals surface area contributed by atoms with Crippen molar-refractivity contribution in [2.75, 3.05) is 12.8 Å². The Balaban J connectivity index is 1.46. The number of sulfonamides is 1. The van der Waals surface area contributed by atoms with Crippen LogP contribution in [0.25, 0.3) is 11.1 Å². The topological polar surface area (TPSA) is 86.7 Å². The predicted molar refractivity (Wildman–Crippen MR) is 123 cm³/mol. The first-order valence-electron chi connectivity index (χ1n) is 11.4. The van der Waals surface area contributed by atoms with Crippen molar-refractivity contribution >= 4 is 15.9 Å². The second-order valence-corrected chi connectivity index (χ2v) is 11.6. The van der Waals surface area contributed by atoms with Crippen LogP contribution in [0.15, 0.2) is 54.6 Å². The summed E-state index contributed by atoms with van der Waals surface area (Å²) in [4.78, 5) is 15.0. The van der Waals surface area contributed by atoms with E-state index in [0.717, 1.165) is 42.4 Å². The molecule has 0 unspecified atom stereocenters. The molecule has 170 valence electrons. The van der Waals surface area contributed by atoms with Gasteiger partial charge in [-0.25, -0.2) is 13.1 Å². The fourth-order valence-electron chi connectivity index (χ4n) is 5.21. The highest BCUT2D eigenvalue weighted by atomic mass is 32.2. The Kier molecular flexibility index (Phi) is 5.39. The van der Waals surface area contributed by atoms with Crippen LogP contribution in [-0.4, -0.2) is 55.3 Å². The maximum absolute atomic E-state index is 13.2. The van der Waals surface area contributed by atoms with E-state index >= 15 is 0 Å². The van der Waals surface area contributed by atoms with Gasteiger partial charge >= 0.3 is 0 Å². The number of carbonyl (C=O) groups is 1. The zero-order valence-corrected chi connectivity index (χ0v) is 19.1. The van der Waals surface area contributed by atoms with Gasteiger partial charge in [0.2, 0.25) is 10.0 Å². The predicted octanol–water partition coefficient (Wildman–Crippen LogP) is 2.58. The minimum atomic E-state index is -3.44. The van der Waals surface area contributed by atoms with E-state index in [1.54, 1.807) is 4.90 Å². The van der Waals surface area contributed by atoms with Gasteiger partial charge in [-0.3, -0.25) is 4.79 Å². The Morgan fingerprint density at radius 2 is 1.81 bits per heavy atom. The van der Waals surface area contributed by atoms with Crippen molar-refractivity contribution in [3.8, 4) is 11.1 Å². The number of amides is 1. The van der Waals surface area contributed by atoms with Crippen molar-refractivity contribution in [3.63, 3.8) is 0 Å². The van der Waals surface area contributed by atoms with Crippen LogP contribution >= 0.6 is 0 Å². The molecule has 0 radical (unpaired) electrons. The smallest absolute Gasteiger partial charge is 0.252 e. The van der Waals surface area contributed by atoms with Gasteiger partial charge in [0, 0.05) is 18.0 Å². The lowest BCUT2D eigenvalue weighted by Gasteiger charge is -2.30. The highest BCUT2D eigenvalue weighted by Crippen LogP contribution is 2.56. The van der Waals surface area contributed by atoms with Crippen LogP contribution in [-0.2, 0) is 21.2 Å². The summed E-state index contributed by atoms with van der Waals surface area (Å²) in [7, 11) is -3.44. The molecule has 3 atom stereocenters. The summed E-state index contributed by atoms with van der Waals surface area (Å²) in [5, 5.41) is 10.6. The fourth-order valence-corrected chi connectivity index (χ4v) is 6.08. The van der Waals surface area contributed by atoms with Gasteiger partial charge in [-0.05, 0) is 54.7 Å². The maximum Gasteiger partial charge on any atom is 0.252 e. The Labute approximate surface area is 189 Å². The Morgan fingerprint density at radius 3 is 2.44 bits per heavy atom. The molecule has 1 heterocycles. The van der Waals surface area contributed by atoms with Crippen LogP contribution in [0.4, 0.5) is 0 Å². The van der Waals surface area contributed by atoms with Crippen LogP contribution in [0, 0.1) is 11.3 Å². The standard InChI is InChI=1S/C25H30N2O4S/c1-32(30,31)26-23-21(15-17-6-5-9-20(14-17)18-7-3-2-4-8-18)27(16-25(23)12-13-25)24(29)22(28)19-10-11-19/h2-9,14,19,21-23,26,28H,10-13,15-16H2,1H3/t21-,22+,23+/m0/s1. The molecule has 1 amide bonds. The van der Waals surface area contributed by atoms with E-state index in [2.05, 4.69) is 29.0 Å². The van der Waals surface area contributed by atoms with Crippen LogP contribution in [0.2, 0.25) is 0 Å². The molecule has 2 N–H and O–H groups in total. The lowest BCUT2D eigenvalue weighted by molar-refractivity contribution is -0.142. The van der Waals surface area contributed by atoms with Crippen molar-refractivity contribution in [1.29, 1.82) is 0 Å². The first-order chi connectivity index (χ1) is 15.3. The van der Waals surface area contributed by atoms with E-state index in [9.17, 15) is 18.3 Å². The number of aliphatic hydroxyl groups excluding tert-OH is 1. The minimum absolute atomic E-state index is 0.0432. The summed E-state index contributed by atoms with van der Waals surface area (Å²) in [6.45, 7) is 0.506. The first-order valence-corrected chi connectivity index (χ1v) is 13.3.